The van der Waals surface area contributed by atoms with Crippen molar-refractivity contribution in [3.63, 3.8) is 0 Å². The standard InChI is InChI=1S/C15H25NO4/c1-6-14(2,3)20-13(17)10-12-9-11(7-8-16)18-15(4,5)19-12/h11-12H,6-7,9-10H2,1-5H3/t11-,12-/m1/s1. The molecule has 5 heteroatoms. The highest BCUT2D eigenvalue weighted by atomic mass is 16.7. The third-order valence-electron chi connectivity index (χ3n) is 3.38. The first-order chi connectivity index (χ1) is 9.17. The van der Waals surface area contributed by atoms with Gasteiger partial charge in [0.1, 0.15) is 5.60 Å². The second-order valence-electron chi connectivity index (χ2n) is 6.27. The topological polar surface area (TPSA) is 68.6 Å². The molecule has 0 aromatic heterocycles. The third-order valence-corrected chi connectivity index (χ3v) is 3.38. The Morgan fingerprint density at radius 1 is 1.40 bits per heavy atom. The number of esters is 1. The molecule has 0 saturated carbocycles. The highest BCUT2D eigenvalue weighted by Gasteiger charge is 2.37. The van der Waals surface area contributed by atoms with Crippen LogP contribution in [0, 0.1) is 11.3 Å². The predicted octanol–water partition coefficient (Wildman–Crippen LogP) is 2.93. The molecule has 0 aromatic carbocycles. The quantitative estimate of drug-likeness (QED) is 0.726. The Bertz CT molecular complexity index is 384. The van der Waals surface area contributed by atoms with Gasteiger partial charge in [0, 0.05) is 6.42 Å². The minimum absolute atomic E-state index is 0.193. The highest BCUT2D eigenvalue weighted by Crippen LogP contribution is 2.30. The number of hydrogen-bond acceptors (Lipinski definition) is 5. The van der Waals surface area contributed by atoms with E-state index in [0.29, 0.717) is 12.8 Å². The zero-order valence-corrected chi connectivity index (χ0v) is 13.1. The summed E-state index contributed by atoms with van der Waals surface area (Å²) in [6.07, 6.45) is 1.34. The summed E-state index contributed by atoms with van der Waals surface area (Å²) < 4.78 is 16.8. The monoisotopic (exact) mass is 283 g/mol. The van der Waals surface area contributed by atoms with Crippen molar-refractivity contribution in [3.05, 3.63) is 0 Å². The summed E-state index contributed by atoms with van der Waals surface area (Å²) in [4.78, 5) is 12.0. The van der Waals surface area contributed by atoms with Gasteiger partial charge in [-0.3, -0.25) is 4.79 Å². The first-order valence-corrected chi connectivity index (χ1v) is 7.12. The number of nitriles is 1. The normalized spacial score (nSPS) is 25.8. The lowest BCUT2D eigenvalue weighted by atomic mass is 10.0. The van der Waals surface area contributed by atoms with Gasteiger partial charge in [0.15, 0.2) is 5.79 Å². The maximum Gasteiger partial charge on any atom is 0.308 e. The van der Waals surface area contributed by atoms with Crippen LogP contribution in [0.4, 0.5) is 0 Å². The largest absolute Gasteiger partial charge is 0.460 e. The Morgan fingerprint density at radius 3 is 2.55 bits per heavy atom. The number of rotatable bonds is 5. The van der Waals surface area contributed by atoms with Gasteiger partial charge in [-0.1, -0.05) is 6.92 Å². The molecule has 0 radical (unpaired) electrons. The summed E-state index contributed by atoms with van der Waals surface area (Å²) in [6, 6.07) is 2.10. The van der Waals surface area contributed by atoms with Gasteiger partial charge < -0.3 is 14.2 Å². The first-order valence-electron chi connectivity index (χ1n) is 7.12. The number of hydrogen-bond donors (Lipinski definition) is 0. The molecule has 114 valence electrons. The Morgan fingerprint density at radius 2 is 2.00 bits per heavy atom. The van der Waals surface area contributed by atoms with Gasteiger partial charge in [-0.2, -0.15) is 5.26 Å². The molecule has 0 N–H and O–H groups in total. The van der Waals surface area contributed by atoms with Gasteiger partial charge in [-0.25, -0.2) is 0 Å². The van der Waals surface area contributed by atoms with E-state index in [1.165, 1.54) is 0 Å². The van der Waals surface area contributed by atoms with Crippen molar-refractivity contribution < 1.29 is 19.0 Å². The first kappa shape index (κ1) is 16.9. The van der Waals surface area contributed by atoms with Crippen LogP contribution >= 0.6 is 0 Å². The van der Waals surface area contributed by atoms with Gasteiger partial charge in [-0.05, 0) is 34.1 Å². The van der Waals surface area contributed by atoms with E-state index in [9.17, 15) is 4.79 Å². The van der Waals surface area contributed by atoms with E-state index in [2.05, 4.69) is 6.07 Å². The molecule has 0 aliphatic carbocycles. The van der Waals surface area contributed by atoms with E-state index < -0.39 is 11.4 Å². The Balaban J connectivity index is 2.58. The molecule has 1 aliphatic heterocycles. The smallest absolute Gasteiger partial charge is 0.308 e. The fourth-order valence-corrected chi connectivity index (χ4v) is 2.18. The minimum atomic E-state index is -0.773. The Kier molecular flexibility index (Phi) is 5.55. The molecule has 0 amide bonds. The third kappa shape index (κ3) is 5.48. The maximum atomic E-state index is 12.0. The molecule has 2 atom stereocenters. The zero-order valence-electron chi connectivity index (χ0n) is 13.1. The average Bonchev–Trinajstić information content (AvgIpc) is 2.26. The molecule has 1 heterocycles. The van der Waals surface area contributed by atoms with Gasteiger partial charge in [0.25, 0.3) is 0 Å². The molecule has 20 heavy (non-hydrogen) atoms. The summed E-state index contributed by atoms with van der Waals surface area (Å²) in [5, 5.41) is 8.78. The molecule has 1 aliphatic rings. The Labute approximate surface area is 121 Å². The van der Waals surface area contributed by atoms with Gasteiger partial charge in [0.05, 0.1) is 31.1 Å². The van der Waals surface area contributed by atoms with Gasteiger partial charge in [-0.15, -0.1) is 0 Å². The van der Waals surface area contributed by atoms with Crippen LogP contribution in [0.25, 0.3) is 0 Å². The van der Waals surface area contributed by atoms with Crippen LogP contribution in [0.3, 0.4) is 0 Å². The van der Waals surface area contributed by atoms with Crippen LogP contribution in [-0.2, 0) is 19.0 Å². The minimum Gasteiger partial charge on any atom is -0.460 e. The lowest BCUT2D eigenvalue weighted by molar-refractivity contribution is -0.298. The van der Waals surface area contributed by atoms with Crippen molar-refractivity contribution in [3.8, 4) is 6.07 Å². The SMILES string of the molecule is CCC(C)(C)OC(=O)C[C@H]1C[C@@H](CC#N)OC(C)(C)O1. The molecule has 1 rings (SSSR count). The fourth-order valence-electron chi connectivity index (χ4n) is 2.18. The van der Waals surface area contributed by atoms with Crippen molar-refractivity contribution >= 4 is 5.97 Å². The van der Waals surface area contributed by atoms with Crippen molar-refractivity contribution in [1.29, 1.82) is 5.26 Å². The summed E-state index contributed by atoms with van der Waals surface area (Å²) in [6.45, 7) is 9.34. The molecule has 5 nitrogen and oxygen atoms in total. The lowest BCUT2D eigenvalue weighted by Gasteiger charge is -2.40. The second kappa shape index (κ2) is 6.55. The van der Waals surface area contributed by atoms with Gasteiger partial charge in [0.2, 0.25) is 0 Å². The van der Waals surface area contributed by atoms with Crippen LogP contribution in [0.15, 0.2) is 0 Å². The van der Waals surface area contributed by atoms with E-state index in [1.807, 2.05) is 20.8 Å². The van der Waals surface area contributed by atoms with E-state index in [0.717, 1.165) is 6.42 Å². The molecule has 0 unspecified atom stereocenters. The van der Waals surface area contributed by atoms with Crippen LogP contribution in [-0.4, -0.2) is 29.6 Å². The summed E-state index contributed by atoms with van der Waals surface area (Å²) in [7, 11) is 0. The van der Waals surface area contributed by atoms with Crippen molar-refractivity contribution in [2.24, 2.45) is 0 Å². The number of carbonyl (C=O) groups excluding carboxylic acids is 1. The van der Waals surface area contributed by atoms with Crippen molar-refractivity contribution in [2.75, 3.05) is 0 Å². The summed E-state index contributed by atoms with van der Waals surface area (Å²) in [5.41, 5.74) is -0.455. The zero-order chi connectivity index (χ0) is 15.4. The highest BCUT2D eigenvalue weighted by molar-refractivity contribution is 5.70. The Hall–Kier alpha value is -1.12. The molecule has 1 saturated heterocycles. The molecule has 0 aromatic rings. The van der Waals surface area contributed by atoms with Crippen LogP contribution in [0.1, 0.15) is 60.3 Å². The van der Waals surface area contributed by atoms with E-state index in [1.54, 1.807) is 13.8 Å². The van der Waals surface area contributed by atoms with Crippen LogP contribution < -0.4 is 0 Å². The van der Waals surface area contributed by atoms with Crippen molar-refractivity contribution in [2.45, 2.75) is 83.9 Å². The van der Waals surface area contributed by atoms with Crippen molar-refractivity contribution in [1.82, 2.24) is 0 Å². The molecule has 0 spiro atoms. The lowest BCUT2D eigenvalue weighted by Crippen LogP contribution is -2.45. The molecule has 0 bridgehead atoms. The second-order valence-corrected chi connectivity index (χ2v) is 6.27. The molecular weight excluding hydrogens is 258 g/mol. The fraction of sp³-hybridized carbons (Fsp3) is 0.867. The number of carbonyl (C=O) groups is 1. The van der Waals surface area contributed by atoms with Crippen LogP contribution in [0.2, 0.25) is 0 Å². The van der Waals surface area contributed by atoms with E-state index >= 15 is 0 Å². The number of nitrogens with zero attached hydrogens (tertiary/aromatic N) is 1. The van der Waals surface area contributed by atoms with E-state index in [4.69, 9.17) is 19.5 Å². The predicted molar refractivity (Wildman–Crippen MR) is 73.8 cm³/mol. The van der Waals surface area contributed by atoms with Crippen LogP contribution in [0.5, 0.6) is 0 Å². The summed E-state index contributed by atoms with van der Waals surface area (Å²) >= 11 is 0. The van der Waals surface area contributed by atoms with E-state index in [-0.39, 0.29) is 24.6 Å². The molecule has 1 fully saturated rings. The molecular formula is C15H25NO4. The van der Waals surface area contributed by atoms with Gasteiger partial charge >= 0.3 is 5.97 Å². The average molecular weight is 283 g/mol. The number of ether oxygens (including phenoxy) is 3. The maximum absolute atomic E-state index is 12.0. The summed E-state index contributed by atoms with van der Waals surface area (Å²) in [5.74, 6) is -1.04.